The van der Waals surface area contributed by atoms with E-state index < -0.39 is 0 Å². The fraction of sp³-hybridized carbons (Fsp3) is 0.812. The summed E-state index contributed by atoms with van der Waals surface area (Å²) in [5.41, 5.74) is 2.83. The molecule has 0 aromatic carbocycles. The van der Waals surface area contributed by atoms with Gasteiger partial charge in [0.25, 0.3) is 0 Å². The summed E-state index contributed by atoms with van der Waals surface area (Å²) in [4.78, 5) is 0. The van der Waals surface area contributed by atoms with E-state index in [-0.39, 0.29) is 0 Å². The highest BCUT2D eigenvalue weighted by Crippen LogP contribution is 2.58. The smallest absolute Gasteiger partial charge is 0.0682 e. The van der Waals surface area contributed by atoms with Crippen LogP contribution in [0.3, 0.4) is 0 Å². The van der Waals surface area contributed by atoms with Crippen LogP contribution < -0.4 is 5.32 Å². The number of nitrogens with one attached hydrogen (secondary N) is 1. The molecule has 6 rings (SSSR count). The van der Waals surface area contributed by atoms with E-state index in [9.17, 15) is 0 Å². The summed E-state index contributed by atoms with van der Waals surface area (Å²) in [6.45, 7) is 2.13. The maximum absolute atomic E-state index is 4.97. The molecule has 0 atom stereocenters. The second-order valence-corrected chi connectivity index (χ2v) is 7.43. The molecule has 1 N–H and O–H groups in total. The number of fused-ring (bicyclic) bond motifs is 1. The van der Waals surface area contributed by atoms with Gasteiger partial charge >= 0.3 is 0 Å². The van der Waals surface area contributed by atoms with Gasteiger partial charge in [-0.1, -0.05) is 0 Å². The SMILES string of the molecule is c1c2c(nn1C1C3CC4CC(C3)CC1C4)CCNC2. The van der Waals surface area contributed by atoms with Crippen molar-refractivity contribution in [3.8, 4) is 0 Å². The predicted molar refractivity (Wildman–Crippen MR) is 73.7 cm³/mol. The molecule has 3 nitrogen and oxygen atoms in total. The van der Waals surface area contributed by atoms with Gasteiger partial charge in [0.05, 0.1) is 11.7 Å². The Labute approximate surface area is 114 Å². The van der Waals surface area contributed by atoms with Crippen molar-refractivity contribution in [2.45, 2.75) is 51.1 Å². The summed E-state index contributed by atoms with van der Waals surface area (Å²) in [5.74, 6) is 3.99. The molecule has 4 fully saturated rings. The maximum atomic E-state index is 4.97. The molecule has 0 amide bonds. The minimum Gasteiger partial charge on any atom is -0.312 e. The lowest BCUT2D eigenvalue weighted by atomic mass is 9.54. The Morgan fingerprint density at radius 2 is 1.79 bits per heavy atom. The Bertz CT molecular complexity index is 453. The first-order valence-corrected chi connectivity index (χ1v) is 8.14. The molecule has 4 saturated carbocycles. The normalized spacial score (nSPS) is 43.5. The largest absolute Gasteiger partial charge is 0.312 e. The molecule has 1 aromatic heterocycles. The third-order valence-corrected chi connectivity index (χ3v) is 6.23. The van der Waals surface area contributed by atoms with Gasteiger partial charge in [0.1, 0.15) is 0 Å². The lowest BCUT2D eigenvalue weighted by molar-refractivity contribution is -0.0337. The van der Waals surface area contributed by atoms with Crippen LogP contribution in [0.1, 0.15) is 49.4 Å². The molecule has 0 radical (unpaired) electrons. The molecule has 5 aliphatic rings. The van der Waals surface area contributed by atoms with Gasteiger partial charge in [0.15, 0.2) is 0 Å². The number of aromatic nitrogens is 2. The fourth-order valence-electron chi connectivity index (χ4n) is 5.74. The zero-order valence-electron chi connectivity index (χ0n) is 11.5. The van der Waals surface area contributed by atoms with Crippen LogP contribution in [0.2, 0.25) is 0 Å². The third kappa shape index (κ3) is 1.57. The van der Waals surface area contributed by atoms with Crippen molar-refractivity contribution in [3.63, 3.8) is 0 Å². The molecule has 0 saturated heterocycles. The van der Waals surface area contributed by atoms with Crippen LogP contribution in [-0.2, 0) is 13.0 Å². The van der Waals surface area contributed by atoms with Crippen LogP contribution in [0.15, 0.2) is 6.20 Å². The van der Waals surface area contributed by atoms with Crippen LogP contribution in [0.4, 0.5) is 0 Å². The molecule has 102 valence electrons. The zero-order chi connectivity index (χ0) is 12.4. The molecule has 1 aromatic rings. The van der Waals surface area contributed by atoms with E-state index in [1.54, 1.807) is 6.42 Å². The average Bonchev–Trinajstić information content (AvgIpc) is 2.80. The van der Waals surface area contributed by atoms with E-state index in [2.05, 4.69) is 16.2 Å². The van der Waals surface area contributed by atoms with Gasteiger partial charge in [-0.15, -0.1) is 0 Å². The predicted octanol–water partition coefficient (Wildman–Crippen LogP) is 2.53. The van der Waals surface area contributed by atoms with Gasteiger partial charge in [-0.05, 0) is 55.8 Å². The Balaban J connectivity index is 1.50. The molecule has 1 aliphatic heterocycles. The van der Waals surface area contributed by atoms with Crippen LogP contribution in [-0.4, -0.2) is 16.3 Å². The first-order chi connectivity index (χ1) is 9.37. The molecule has 4 aliphatic carbocycles. The molecule has 0 spiro atoms. The summed E-state index contributed by atoms with van der Waals surface area (Å²) in [6, 6.07) is 0.735. The van der Waals surface area contributed by atoms with E-state index in [0.29, 0.717) is 0 Å². The van der Waals surface area contributed by atoms with Crippen molar-refractivity contribution < 1.29 is 0 Å². The first kappa shape index (κ1) is 10.9. The van der Waals surface area contributed by atoms with E-state index >= 15 is 0 Å². The highest BCUT2D eigenvalue weighted by molar-refractivity contribution is 5.20. The van der Waals surface area contributed by atoms with Crippen molar-refractivity contribution in [2.24, 2.45) is 23.7 Å². The highest BCUT2D eigenvalue weighted by Gasteiger charge is 2.49. The van der Waals surface area contributed by atoms with Crippen molar-refractivity contribution in [1.29, 1.82) is 0 Å². The van der Waals surface area contributed by atoms with E-state index in [1.807, 2.05) is 0 Å². The van der Waals surface area contributed by atoms with Crippen molar-refractivity contribution in [1.82, 2.24) is 15.1 Å². The molecule has 2 heterocycles. The zero-order valence-corrected chi connectivity index (χ0v) is 11.5. The Morgan fingerprint density at radius 3 is 2.47 bits per heavy atom. The van der Waals surface area contributed by atoms with Crippen molar-refractivity contribution >= 4 is 0 Å². The summed E-state index contributed by atoms with van der Waals surface area (Å²) >= 11 is 0. The van der Waals surface area contributed by atoms with Crippen molar-refractivity contribution in [2.75, 3.05) is 6.54 Å². The summed E-state index contributed by atoms with van der Waals surface area (Å²) in [7, 11) is 0. The molecule has 19 heavy (non-hydrogen) atoms. The number of nitrogens with zero attached hydrogens (tertiary/aromatic N) is 2. The van der Waals surface area contributed by atoms with Gasteiger partial charge in [-0.3, -0.25) is 4.68 Å². The third-order valence-electron chi connectivity index (χ3n) is 6.23. The van der Waals surface area contributed by atoms with E-state index in [0.717, 1.165) is 49.2 Å². The Morgan fingerprint density at radius 1 is 1.05 bits per heavy atom. The molecule has 3 heteroatoms. The second-order valence-electron chi connectivity index (χ2n) is 7.43. The van der Waals surface area contributed by atoms with Gasteiger partial charge in [-0.25, -0.2) is 0 Å². The van der Waals surface area contributed by atoms with Crippen LogP contribution in [0, 0.1) is 23.7 Å². The summed E-state index contributed by atoms with van der Waals surface area (Å²) < 4.78 is 2.39. The minimum atomic E-state index is 0.735. The lowest BCUT2D eigenvalue weighted by Gasteiger charge is -2.54. The Kier molecular flexibility index (Phi) is 2.21. The van der Waals surface area contributed by atoms with E-state index in [4.69, 9.17) is 5.10 Å². The van der Waals surface area contributed by atoms with Gasteiger partial charge in [0, 0.05) is 31.3 Å². The number of hydrogen-bond acceptors (Lipinski definition) is 2. The minimum absolute atomic E-state index is 0.735. The van der Waals surface area contributed by atoms with Crippen LogP contribution in [0.25, 0.3) is 0 Å². The second kappa shape index (κ2) is 3.85. The monoisotopic (exact) mass is 257 g/mol. The van der Waals surface area contributed by atoms with E-state index in [1.165, 1.54) is 36.9 Å². The summed E-state index contributed by atoms with van der Waals surface area (Å²) in [5, 5.41) is 8.44. The lowest BCUT2D eigenvalue weighted by Crippen LogP contribution is -2.46. The maximum Gasteiger partial charge on any atom is 0.0682 e. The topological polar surface area (TPSA) is 29.9 Å². The quantitative estimate of drug-likeness (QED) is 0.838. The van der Waals surface area contributed by atoms with Gasteiger partial charge < -0.3 is 5.32 Å². The highest BCUT2D eigenvalue weighted by atomic mass is 15.3. The Hall–Kier alpha value is -0.830. The first-order valence-electron chi connectivity index (χ1n) is 8.14. The number of rotatable bonds is 1. The van der Waals surface area contributed by atoms with Crippen LogP contribution in [0.5, 0.6) is 0 Å². The molecular weight excluding hydrogens is 234 g/mol. The summed E-state index contributed by atoms with van der Waals surface area (Å²) in [6.07, 6.45) is 11.0. The molecule has 0 unspecified atom stereocenters. The number of hydrogen-bond donors (Lipinski definition) is 1. The van der Waals surface area contributed by atoms with Gasteiger partial charge in [-0.2, -0.15) is 5.10 Å². The van der Waals surface area contributed by atoms with Crippen molar-refractivity contribution in [3.05, 3.63) is 17.5 Å². The standard InChI is InChI=1S/C16H23N3/c1-2-17-8-14-9-19(18-15(1)14)16-12-4-10-3-11(6-12)7-13(16)5-10/h9-13,16-17H,1-8H2. The fourth-order valence-corrected chi connectivity index (χ4v) is 5.74. The molecular formula is C16H23N3. The average molecular weight is 257 g/mol. The molecule has 4 bridgehead atoms. The van der Waals surface area contributed by atoms with Gasteiger partial charge in [0.2, 0.25) is 0 Å². The van der Waals surface area contributed by atoms with Crippen LogP contribution >= 0.6 is 0 Å².